The van der Waals surface area contributed by atoms with Gasteiger partial charge in [0.05, 0.1) is 20.7 Å². The summed E-state index contributed by atoms with van der Waals surface area (Å²) in [5.41, 5.74) is 2.01. The molecule has 0 aliphatic carbocycles. The molecule has 2 aromatic carbocycles. The molecule has 0 bridgehead atoms. The van der Waals surface area contributed by atoms with Crippen LogP contribution in [0.1, 0.15) is 22.2 Å². The highest BCUT2D eigenvalue weighted by atomic mass is 35.5. The second-order valence-electron chi connectivity index (χ2n) is 5.88. The highest BCUT2D eigenvalue weighted by molar-refractivity contribution is 7.09. The normalized spacial score (nSPS) is 11.6. The fourth-order valence-corrected chi connectivity index (χ4v) is 4.14. The van der Waals surface area contributed by atoms with Gasteiger partial charge in [0.2, 0.25) is 0 Å². The maximum absolute atomic E-state index is 12.5. The van der Waals surface area contributed by atoms with E-state index in [1.807, 2.05) is 24.5 Å². The van der Waals surface area contributed by atoms with Crippen LogP contribution in [0.3, 0.4) is 0 Å². The number of aromatic nitrogens is 1. The lowest BCUT2D eigenvalue weighted by Crippen LogP contribution is -2.17. The molecule has 1 heterocycles. The van der Waals surface area contributed by atoms with Crippen LogP contribution in [-0.4, -0.2) is 15.4 Å². The number of non-ortho nitro benzene ring substituents is 1. The summed E-state index contributed by atoms with van der Waals surface area (Å²) >= 11 is 13.6. The lowest BCUT2D eigenvalue weighted by molar-refractivity contribution is -0.384. The standard InChI is InChI=1S/C19H15Cl2N3O3S/c1-3-23-17(13-6-9-15(20)16(21)10-13)11(2)28-19(23)22-18(25)12-4-7-14(8-5-12)24(26)27/h4-10H,3H2,1-2H3. The van der Waals surface area contributed by atoms with E-state index in [-0.39, 0.29) is 11.3 Å². The van der Waals surface area contributed by atoms with Gasteiger partial charge in [0.1, 0.15) is 0 Å². The summed E-state index contributed by atoms with van der Waals surface area (Å²) in [6.45, 7) is 4.51. The summed E-state index contributed by atoms with van der Waals surface area (Å²) < 4.78 is 1.93. The fourth-order valence-electron chi connectivity index (χ4n) is 2.78. The topological polar surface area (TPSA) is 77.5 Å². The first-order valence-corrected chi connectivity index (χ1v) is 9.88. The van der Waals surface area contributed by atoms with Crippen molar-refractivity contribution in [2.75, 3.05) is 0 Å². The van der Waals surface area contributed by atoms with Crippen LogP contribution in [0.25, 0.3) is 11.3 Å². The van der Waals surface area contributed by atoms with Gasteiger partial charge >= 0.3 is 0 Å². The summed E-state index contributed by atoms with van der Waals surface area (Å²) in [4.78, 5) is 28.5. The van der Waals surface area contributed by atoms with Gasteiger partial charge in [-0.1, -0.05) is 29.3 Å². The minimum Gasteiger partial charge on any atom is -0.316 e. The number of carbonyl (C=O) groups excluding carboxylic acids is 1. The molecule has 144 valence electrons. The first kappa shape index (κ1) is 20.3. The molecule has 0 atom stereocenters. The zero-order valence-electron chi connectivity index (χ0n) is 15.0. The van der Waals surface area contributed by atoms with E-state index in [2.05, 4.69) is 4.99 Å². The van der Waals surface area contributed by atoms with Crippen molar-refractivity contribution in [1.29, 1.82) is 0 Å². The number of nitro benzene ring substituents is 1. The number of thiazole rings is 1. The number of hydrogen-bond donors (Lipinski definition) is 0. The molecule has 9 heteroatoms. The number of halogens is 2. The Morgan fingerprint density at radius 1 is 1.18 bits per heavy atom. The van der Waals surface area contributed by atoms with Gasteiger partial charge in [0.25, 0.3) is 11.6 Å². The molecule has 0 aliphatic heterocycles. The number of rotatable bonds is 4. The van der Waals surface area contributed by atoms with Gasteiger partial charge in [0, 0.05) is 34.7 Å². The van der Waals surface area contributed by atoms with Crippen molar-refractivity contribution in [3.8, 4) is 11.3 Å². The number of benzene rings is 2. The first-order valence-electron chi connectivity index (χ1n) is 8.31. The molecule has 0 unspecified atom stereocenters. The predicted molar refractivity (Wildman–Crippen MR) is 111 cm³/mol. The van der Waals surface area contributed by atoms with Gasteiger partial charge in [-0.15, -0.1) is 11.3 Å². The van der Waals surface area contributed by atoms with E-state index in [1.54, 1.807) is 12.1 Å². The van der Waals surface area contributed by atoms with Crippen LogP contribution in [0.15, 0.2) is 47.5 Å². The van der Waals surface area contributed by atoms with E-state index in [1.165, 1.54) is 35.6 Å². The zero-order chi connectivity index (χ0) is 20.4. The summed E-state index contributed by atoms with van der Waals surface area (Å²) in [5.74, 6) is -0.459. The van der Waals surface area contributed by atoms with Crippen molar-refractivity contribution < 1.29 is 9.72 Å². The second-order valence-corrected chi connectivity index (χ2v) is 7.88. The third-order valence-corrected chi connectivity index (χ3v) is 5.84. The third-order valence-electron chi connectivity index (χ3n) is 4.11. The molecule has 3 aromatic rings. The average Bonchev–Trinajstić information content (AvgIpc) is 2.98. The van der Waals surface area contributed by atoms with Crippen LogP contribution in [0.4, 0.5) is 5.69 Å². The smallest absolute Gasteiger partial charge is 0.279 e. The fraction of sp³-hybridized carbons (Fsp3) is 0.158. The Morgan fingerprint density at radius 3 is 2.43 bits per heavy atom. The molecule has 6 nitrogen and oxygen atoms in total. The van der Waals surface area contributed by atoms with Gasteiger partial charge in [-0.2, -0.15) is 4.99 Å². The Kier molecular flexibility index (Phi) is 5.98. The summed E-state index contributed by atoms with van der Waals surface area (Å²) in [6.07, 6.45) is 0. The Balaban J connectivity index is 2.05. The second kappa shape index (κ2) is 8.26. The van der Waals surface area contributed by atoms with Crippen molar-refractivity contribution in [3.63, 3.8) is 0 Å². The molecule has 0 saturated carbocycles. The van der Waals surface area contributed by atoms with Gasteiger partial charge in [-0.3, -0.25) is 14.9 Å². The van der Waals surface area contributed by atoms with E-state index in [9.17, 15) is 14.9 Å². The SMILES string of the molecule is CCn1c(-c2ccc(Cl)c(Cl)c2)c(C)sc1=NC(=O)c1ccc([N+](=O)[O-])cc1. The number of aryl methyl sites for hydroxylation is 1. The first-order chi connectivity index (χ1) is 13.3. The number of carbonyl (C=O) groups is 1. The third kappa shape index (κ3) is 4.01. The van der Waals surface area contributed by atoms with E-state index in [4.69, 9.17) is 23.2 Å². The quantitative estimate of drug-likeness (QED) is 0.400. The molecule has 0 spiro atoms. The zero-order valence-corrected chi connectivity index (χ0v) is 17.3. The molecule has 0 saturated heterocycles. The molecule has 1 aromatic heterocycles. The largest absolute Gasteiger partial charge is 0.316 e. The predicted octanol–water partition coefficient (Wildman–Crippen LogP) is 5.50. The van der Waals surface area contributed by atoms with Crippen molar-refractivity contribution in [2.45, 2.75) is 20.4 Å². The molecule has 1 amide bonds. The Morgan fingerprint density at radius 2 is 1.86 bits per heavy atom. The van der Waals surface area contributed by atoms with Crippen LogP contribution in [-0.2, 0) is 6.54 Å². The number of hydrogen-bond acceptors (Lipinski definition) is 4. The average molecular weight is 436 g/mol. The highest BCUT2D eigenvalue weighted by Gasteiger charge is 2.15. The van der Waals surface area contributed by atoms with Gasteiger partial charge in [-0.25, -0.2) is 0 Å². The van der Waals surface area contributed by atoms with Crippen LogP contribution in [0.2, 0.25) is 10.0 Å². The van der Waals surface area contributed by atoms with Gasteiger partial charge < -0.3 is 4.57 Å². The van der Waals surface area contributed by atoms with Crippen molar-refractivity contribution in [2.24, 2.45) is 4.99 Å². The minimum atomic E-state index is -0.511. The van der Waals surface area contributed by atoms with Gasteiger partial charge in [0.15, 0.2) is 4.80 Å². The molecule has 0 radical (unpaired) electrons. The Bertz CT molecular complexity index is 1130. The van der Waals surface area contributed by atoms with Crippen molar-refractivity contribution >= 4 is 46.1 Å². The molecule has 28 heavy (non-hydrogen) atoms. The van der Waals surface area contributed by atoms with Crippen LogP contribution < -0.4 is 4.80 Å². The van der Waals surface area contributed by atoms with E-state index in [0.29, 0.717) is 21.4 Å². The highest BCUT2D eigenvalue weighted by Crippen LogP contribution is 2.31. The lowest BCUT2D eigenvalue weighted by Gasteiger charge is -2.08. The summed E-state index contributed by atoms with van der Waals surface area (Å²) in [6, 6.07) is 10.8. The number of nitrogens with zero attached hydrogens (tertiary/aromatic N) is 3. The van der Waals surface area contributed by atoms with E-state index < -0.39 is 10.8 Å². The lowest BCUT2D eigenvalue weighted by atomic mass is 10.1. The van der Waals surface area contributed by atoms with E-state index >= 15 is 0 Å². The summed E-state index contributed by atoms with van der Waals surface area (Å²) in [5, 5.41) is 11.7. The molecule has 3 rings (SSSR count). The number of amides is 1. The maximum atomic E-state index is 12.5. The van der Waals surface area contributed by atoms with Crippen LogP contribution >= 0.6 is 34.5 Å². The minimum absolute atomic E-state index is 0.0750. The Hall–Kier alpha value is -2.48. The van der Waals surface area contributed by atoms with Crippen LogP contribution in [0, 0.1) is 17.0 Å². The van der Waals surface area contributed by atoms with Crippen molar-refractivity contribution in [3.05, 3.63) is 77.9 Å². The summed E-state index contributed by atoms with van der Waals surface area (Å²) in [7, 11) is 0. The molecular weight excluding hydrogens is 421 g/mol. The molecule has 0 N–H and O–H groups in total. The van der Waals surface area contributed by atoms with Crippen LogP contribution in [0.5, 0.6) is 0 Å². The molecular formula is C19H15Cl2N3O3S. The van der Waals surface area contributed by atoms with E-state index in [0.717, 1.165) is 16.1 Å². The monoisotopic (exact) mass is 435 g/mol. The molecule has 0 fully saturated rings. The molecule has 0 aliphatic rings. The maximum Gasteiger partial charge on any atom is 0.279 e. The van der Waals surface area contributed by atoms with Gasteiger partial charge in [-0.05, 0) is 38.1 Å². The number of nitro groups is 1. The Labute approximate surface area is 174 Å². The van der Waals surface area contributed by atoms with Crippen molar-refractivity contribution in [1.82, 2.24) is 4.57 Å².